The molecular weight excluding hydrogens is 232 g/mol. The van der Waals surface area contributed by atoms with Crippen LogP contribution in [0.3, 0.4) is 0 Å². The second-order valence-corrected chi connectivity index (χ2v) is 5.49. The molecule has 94 valence electrons. The molecule has 1 atom stereocenters. The van der Waals surface area contributed by atoms with Gasteiger partial charge in [-0.15, -0.1) is 11.8 Å². The van der Waals surface area contributed by atoms with Crippen molar-refractivity contribution < 1.29 is 4.79 Å². The minimum absolute atomic E-state index is 0.121. The van der Waals surface area contributed by atoms with Gasteiger partial charge in [0.2, 0.25) is 5.91 Å². The van der Waals surface area contributed by atoms with E-state index >= 15 is 0 Å². The second-order valence-electron chi connectivity index (χ2n) is 4.19. The molecule has 3 nitrogen and oxygen atoms in total. The van der Waals surface area contributed by atoms with E-state index in [0.29, 0.717) is 0 Å². The van der Waals surface area contributed by atoms with Crippen LogP contribution in [0.1, 0.15) is 20.8 Å². The standard InChI is InChI=1S/C13H20N2OS/c1-4-17-11-8-6-5-7-10(11)15-13(16)12(14)9(2)3/h5-9,12H,4,14H2,1-3H3,(H,15,16). The highest BCUT2D eigenvalue weighted by atomic mass is 32.2. The van der Waals surface area contributed by atoms with Crippen LogP contribution in [0.4, 0.5) is 5.69 Å². The molecule has 1 aromatic rings. The Balaban J connectivity index is 2.77. The molecule has 1 amide bonds. The zero-order valence-corrected chi connectivity index (χ0v) is 11.4. The lowest BCUT2D eigenvalue weighted by atomic mass is 10.1. The van der Waals surface area contributed by atoms with Gasteiger partial charge in [0.25, 0.3) is 0 Å². The third-order valence-electron chi connectivity index (χ3n) is 2.47. The van der Waals surface area contributed by atoms with Crippen LogP contribution >= 0.6 is 11.8 Å². The van der Waals surface area contributed by atoms with Gasteiger partial charge in [-0.05, 0) is 23.8 Å². The van der Waals surface area contributed by atoms with Gasteiger partial charge in [0.1, 0.15) is 0 Å². The number of nitrogens with two attached hydrogens (primary N) is 1. The van der Waals surface area contributed by atoms with Gasteiger partial charge in [-0.3, -0.25) is 4.79 Å². The van der Waals surface area contributed by atoms with Gasteiger partial charge in [0, 0.05) is 4.90 Å². The molecule has 1 rings (SSSR count). The van der Waals surface area contributed by atoms with Crippen molar-refractivity contribution in [3.63, 3.8) is 0 Å². The van der Waals surface area contributed by atoms with E-state index in [1.54, 1.807) is 11.8 Å². The molecule has 0 saturated carbocycles. The molecule has 0 aromatic heterocycles. The average Bonchev–Trinajstić information content (AvgIpc) is 2.30. The minimum Gasteiger partial charge on any atom is -0.324 e. The molecule has 0 aliphatic heterocycles. The van der Waals surface area contributed by atoms with Gasteiger partial charge in [0.15, 0.2) is 0 Å². The van der Waals surface area contributed by atoms with E-state index in [-0.39, 0.29) is 11.8 Å². The summed E-state index contributed by atoms with van der Waals surface area (Å²) in [6, 6.07) is 7.33. The number of thioether (sulfide) groups is 1. The maximum atomic E-state index is 11.9. The van der Waals surface area contributed by atoms with Crippen molar-refractivity contribution >= 4 is 23.4 Å². The maximum absolute atomic E-state index is 11.9. The molecule has 1 aromatic carbocycles. The van der Waals surface area contributed by atoms with E-state index in [1.807, 2.05) is 38.1 Å². The molecule has 0 radical (unpaired) electrons. The molecule has 0 heterocycles. The van der Waals surface area contributed by atoms with Gasteiger partial charge in [-0.1, -0.05) is 32.9 Å². The fraction of sp³-hybridized carbons (Fsp3) is 0.462. The summed E-state index contributed by atoms with van der Waals surface area (Å²) in [5.41, 5.74) is 6.66. The van der Waals surface area contributed by atoms with E-state index in [2.05, 4.69) is 12.2 Å². The summed E-state index contributed by atoms with van der Waals surface area (Å²) in [6.45, 7) is 5.97. The Morgan fingerprint density at radius 2 is 2.06 bits per heavy atom. The molecule has 1 unspecified atom stereocenters. The first-order valence-electron chi connectivity index (χ1n) is 5.84. The van der Waals surface area contributed by atoms with Crippen LogP contribution in [0.15, 0.2) is 29.2 Å². The van der Waals surface area contributed by atoms with E-state index in [9.17, 15) is 4.79 Å². The maximum Gasteiger partial charge on any atom is 0.241 e. The van der Waals surface area contributed by atoms with Gasteiger partial charge >= 0.3 is 0 Å². The molecule has 3 N–H and O–H groups in total. The first-order valence-corrected chi connectivity index (χ1v) is 6.83. The fourth-order valence-corrected chi connectivity index (χ4v) is 2.13. The van der Waals surface area contributed by atoms with Crippen LogP contribution in [-0.2, 0) is 4.79 Å². The van der Waals surface area contributed by atoms with Crippen LogP contribution in [0.25, 0.3) is 0 Å². The summed E-state index contributed by atoms with van der Waals surface area (Å²) in [7, 11) is 0. The number of rotatable bonds is 5. The molecule has 0 bridgehead atoms. The highest BCUT2D eigenvalue weighted by Gasteiger charge is 2.17. The molecule has 17 heavy (non-hydrogen) atoms. The number of nitrogens with one attached hydrogen (secondary N) is 1. The van der Waals surface area contributed by atoms with Gasteiger partial charge in [-0.25, -0.2) is 0 Å². The third-order valence-corrected chi connectivity index (χ3v) is 3.42. The smallest absolute Gasteiger partial charge is 0.241 e. The minimum atomic E-state index is -0.463. The Kier molecular flexibility index (Phi) is 5.51. The largest absolute Gasteiger partial charge is 0.324 e. The van der Waals surface area contributed by atoms with Crippen LogP contribution < -0.4 is 11.1 Å². The predicted octanol–water partition coefficient (Wildman–Crippen LogP) is 2.72. The number of carbonyl (C=O) groups is 1. The number of benzene rings is 1. The third kappa shape index (κ3) is 4.06. The van der Waals surface area contributed by atoms with Crippen LogP contribution in [0.5, 0.6) is 0 Å². The van der Waals surface area contributed by atoms with Crippen molar-refractivity contribution in [2.24, 2.45) is 11.7 Å². The summed E-state index contributed by atoms with van der Waals surface area (Å²) in [5, 5.41) is 2.89. The van der Waals surface area contributed by atoms with Gasteiger partial charge < -0.3 is 11.1 Å². The van der Waals surface area contributed by atoms with E-state index in [0.717, 1.165) is 16.3 Å². The van der Waals surface area contributed by atoms with Gasteiger partial charge in [0.05, 0.1) is 11.7 Å². The van der Waals surface area contributed by atoms with Crippen molar-refractivity contribution in [2.45, 2.75) is 31.7 Å². The van der Waals surface area contributed by atoms with Crippen molar-refractivity contribution in [3.8, 4) is 0 Å². The molecule has 0 fully saturated rings. The van der Waals surface area contributed by atoms with Crippen molar-refractivity contribution in [2.75, 3.05) is 11.1 Å². The number of amides is 1. The number of hydrogen-bond donors (Lipinski definition) is 2. The quantitative estimate of drug-likeness (QED) is 0.792. The topological polar surface area (TPSA) is 55.1 Å². The summed E-state index contributed by atoms with van der Waals surface area (Å²) in [5.74, 6) is 0.994. The Morgan fingerprint density at radius 1 is 1.41 bits per heavy atom. The monoisotopic (exact) mass is 252 g/mol. The van der Waals surface area contributed by atoms with E-state index in [1.165, 1.54) is 0 Å². The Labute approximate surface area is 107 Å². The lowest BCUT2D eigenvalue weighted by Crippen LogP contribution is -2.39. The molecule has 0 saturated heterocycles. The highest BCUT2D eigenvalue weighted by molar-refractivity contribution is 7.99. The van der Waals surface area contributed by atoms with Crippen molar-refractivity contribution in [1.82, 2.24) is 0 Å². The first-order chi connectivity index (χ1) is 8.06. The fourth-order valence-electron chi connectivity index (χ4n) is 1.37. The summed E-state index contributed by atoms with van der Waals surface area (Å²) in [6.07, 6.45) is 0. The molecular formula is C13H20N2OS. The number of hydrogen-bond acceptors (Lipinski definition) is 3. The average molecular weight is 252 g/mol. The summed E-state index contributed by atoms with van der Waals surface area (Å²) in [4.78, 5) is 12.9. The van der Waals surface area contributed by atoms with Crippen molar-refractivity contribution in [3.05, 3.63) is 24.3 Å². The normalized spacial score (nSPS) is 12.5. The van der Waals surface area contributed by atoms with E-state index in [4.69, 9.17) is 5.73 Å². The molecule has 4 heteroatoms. The SMILES string of the molecule is CCSc1ccccc1NC(=O)C(N)C(C)C. The Hall–Kier alpha value is -1.00. The van der Waals surface area contributed by atoms with Crippen molar-refractivity contribution in [1.29, 1.82) is 0 Å². The molecule has 0 aliphatic carbocycles. The number of carbonyl (C=O) groups excluding carboxylic acids is 1. The Morgan fingerprint density at radius 3 is 2.65 bits per heavy atom. The number of para-hydroxylation sites is 1. The molecule has 0 spiro atoms. The zero-order valence-electron chi connectivity index (χ0n) is 10.6. The van der Waals surface area contributed by atoms with Crippen LogP contribution in [-0.4, -0.2) is 17.7 Å². The lowest BCUT2D eigenvalue weighted by Gasteiger charge is -2.16. The lowest BCUT2D eigenvalue weighted by molar-refractivity contribution is -0.118. The summed E-state index contributed by atoms with van der Waals surface area (Å²) >= 11 is 1.71. The zero-order chi connectivity index (χ0) is 12.8. The second kappa shape index (κ2) is 6.67. The molecule has 0 aliphatic rings. The van der Waals surface area contributed by atoms with Crippen LogP contribution in [0, 0.1) is 5.92 Å². The highest BCUT2D eigenvalue weighted by Crippen LogP contribution is 2.26. The summed E-state index contributed by atoms with van der Waals surface area (Å²) < 4.78 is 0. The first kappa shape index (κ1) is 14.1. The van der Waals surface area contributed by atoms with Gasteiger partial charge in [-0.2, -0.15) is 0 Å². The van der Waals surface area contributed by atoms with E-state index < -0.39 is 6.04 Å². The Bertz CT molecular complexity index is 379. The van der Waals surface area contributed by atoms with Crippen LogP contribution in [0.2, 0.25) is 0 Å². The predicted molar refractivity (Wildman–Crippen MR) is 74.3 cm³/mol. The number of anilines is 1.